The van der Waals surface area contributed by atoms with Crippen LogP contribution in [0.2, 0.25) is 0 Å². The first-order chi connectivity index (χ1) is 7.45. The van der Waals surface area contributed by atoms with Crippen LogP contribution in [-0.2, 0) is 0 Å². The second-order valence-electron chi connectivity index (χ2n) is 3.46. The first kappa shape index (κ1) is 8.24. The summed E-state index contributed by atoms with van der Waals surface area (Å²) in [5.41, 5.74) is 1.13. The quantitative estimate of drug-likeness (QED) is 0.660. The molecule has 1 aliphatic rings. The average Bonchev–Trinajstić information content (AvgIpc) is 2.55. The molecule has 0 atom stereocenters. The molecule has 0 unspecified atom stereocenters. The topological polar surface area (TPSA) is 28.1 Å². The summed E-state index contributed by atoms with van der Waals surface area (Å²) in [4.78, 5) is 7.79. The van der Waals surface area contributed by atoms with Crippen molar-refractivity contribution < 1.29 is 0 Å². The van der Waals surface area contributed by atoms with Crippen LogP contribution < -0.4 is 10.7 Å². The molecular formula is C13H10N2. The number of fused-ring (bicyclic) bond motifs is 3. The molecule has 2 nitrogen and oxygen atoms in total. The maximum Gasteiger partial charge on any atom is 0.0957 e. The van der Waals surface area contributed by atoms with Crippen LogP contribution in [-0.4, -0.2) is 4.98 Å². The Labute approximate surface area is 87.0 Å². The van der Waals surface area contributed by atoms with E-state index in [-0.39, 0.29) is 0 Å². The molecule has 72 valence electrons. The van der Waals surface area contributed by atoms with Crippen LogP contribution in [0.25, 0.3) is 17.0 Å². The van der Waals surface area contributed by atoms with E-state index in [2.05, 4.69) is 22.1 Å². The van der Waals surface area contributed by atoms with Crippen LogP contribution in [0.15, 0.2) is 53.7 Å². The molecule has 0 fully saturated rings. The Morgan fingerprint density at radius 3 is 2.93 bits per heavy atom. The van der Waals surface area contributed by atoms with Gasteiger partial charge in [0.15, 0.2) is 0 Å². The van der Waals surface area contributed by atoms with E-state index in [0.29, 0.717) is 0 Å². The fraction of sp³-hybridized carbons (Fsp3) is 0. The van der Waals surface area contributed by atoms with Gasteiger partial charge in [0, 0.05) is 17.1 Å². The number of aromatic amines is 1. The van der Waals surface area contributed by atoms with Crippen LogP contribution >= 0.6 is 0 Å². The van der Waals surface area contributed by atoms with Crippen LogP contribution in [0.5, 0.6) is 0 Å². The first-order valence-electron chi connectivity index (χ1n) is 4.93. The Hall–Kier alpha value is -2.09. The molecule has 1 aromatic carbocycles. The number of nitrogens with one attached hydrogen (secondary N) is 1. The number of rotatable bonds is 0. The number of para-hydroxylation sites is 1. The summed E-state index contributed by atoms with van der Waals surface area (Å²) in [6.07, 6.45) is 9.78. The molecule has 2 aromatic rings. The zero-order valence-electron chi connectivity index (χ0n) is 8.14. The number of benzene rings is 1. The molecule has 0 amide bonds. The van der Waals surface area contributed by atoms with E-state index in [0.717, 1.165) is 16.2 Å². The number of hydrogen-bond acceptors (Lipinski definition) is 1. The van der Waals surface area contributed by atoms with E-state index in [1.54, 1.807) is 0 Å². The van der Waals surface area contributed by atoms with Gasteiger partial charge in [0.25, 0.3) is 0 Å². The molecule has 0 saturated carbocycles. The Morgan fingerprint density at radius 2 is 1.93 bits per heavy atom. The summed E-state index contributed by atoms with van der Waals surface area (Å²) in [5, 5.41) is 3.26. The smallest absolute Gasteiger partial charge is 0.0957 e. The molecule has 0 saturated heterocycles. The van der Waals surface area contributed by atoms with E-state index in [1.165, 1.54) is 5.39 Å². The van der Waals surface area contributed by atoms with Crippen molar-refractivity contribution in [3.8, 4) is 0 Å². The van der Waals surface area contributed by atoms with Gasteiger partial charge in [0.05, 0.1) is 10.7 Å². The van der Waals surface area contributed by atoms with Crippen LogP contribution in [0.1, 0.15) is 0 Å². The largest absolute Gasteiger partial charge is 0.353 e. The van der Waals surface area contributed by atoms with Crippen molar-refractivity contribution in [2.75, 3.05) is 0 Å². The number of aromatic nitrogens is 1. The lowest BCUT2D eigenvalue weighted by Gasteiger charge is -1.85. The van der Waals surface area contributed by atoms with Crippen LogP contribution in [0.3, 0.4) is 0 Å². The zero-order chi connectivity index (χ0) is 10.1. The van der Waals surface area contributed by atoms with Crippen LogP contribution in [0, 0.1) is 0 Å². The summed E-state index contributed by atoms with van der Waals surface area (Å²) in [6.45, 7) is 0. The summed E-state index contributed by atoms with van der Waals surface area (Å²) in [5.74, 6) is 0. The second kappa shape index (κ2) is 3.24. The van der Waals surface area contributed by atoms with Gasteiger partial charge in [-0.1, -0.05) is 30.4 Å². The van der Waals surface area contributed by atoms with Gasteiger partial charge >= 0.3 is 0 Å². The highest BCUT2D eigenvalue weighted by molar-refractivity contribution is 5.79. The Morgan fingerprint density at radius 1 is 1.00 bits per heavy atom. The molecule has 3 rings (SSSR count). The predicted molar refractivity (Wildman–Crippen MR) is 61.8 cm³/mol. The SMILES string of the molecule is C1=C\C=c2\[nH]c3ccccc3\c2=N\C=C/1. The summed E-state index contributed by atoms with van der Waals surface area (Å²) < 4.78 is 0. The molecule has 1 aromatic heterocycles. The van der Waals surface area contributed by atoms with Gasteiger partial charge in [0.2, 0.25) is 0 Å². The van der Waals surface area contributed by atoms with Gasteiger partial charge in [-0.3, -0.25) is 4.99 Å². The van der Waals surface area contributed by atoms with Crippen molar-refractivity contribution in [3.63, 3.8) is 0 Å². The maximum absolute atomic E-state index is 4.44. The van der Waals surface area contributed by atoms with E-state index in [4.69, 9.17) is 0 Å². The number of H-pyrrole nitrogens is 1. The minimum atomic E-state index is 1.02. The molecule has 0 radical (unpaired) electrons. The minimum absolute atomic E-state index is 1.02. The fourth-order valence-electron chi connectivity index (χ4n) is 1.79. The highest BCUT2D eigenvalue weighted by Crippen LogP contribution is 2.03. The van der Waals surface area contributed by atoms with Crippen molar-refractivity contribution >= 4 is 17.0 Å². The molecule has 2 heteroatoms. The lowest BCUT2D eigenvalue weighted by Crippen LogP contribution is -2.22. The fourth-order valence-corrected chi connectivity index (χ4v) is 1.79. The second-order valence-corrected chi connectivity index (χ2v) is 3.46. The van der Waals surface area contributed by atoms with Gasteiger partial charge < -0.3 is 4.98 Å². The highest BCUT2D eigenvalue weighted by atomic mass is 14.8. The Kier molecular flexibility index (Phi) is 1.78. The van der Waals surface area contributed by atoms with Gasteiger partial charge in [0.1, 0.15) is 0 Å². The molecule has 1 aliphatic heterocycles. The van der Waals surface area contributed by atoms with Crippen molar-refractivity contribution in [2.45, 2.75) is 0 Å². The zero-order valence-corrected chi connectivity index (χ0v) is 8.14. The standard InChI is InChI=1S/C13H10N2/c1-2-8-12-13(14-9-5-1)10-6-3-4-7-11(10)15-12/h1-9,15H/b2-1-,5-1?,8-2?,9-5-,12-8+,14-9?,14-13-. The molecule has 15 heavy (non-hydrogen) atoms. The lowest BCUT2D eigenvalue weighted by atomic mass is 10.2. The average molecular weight is 194 g/mol. The Balaban J connectivity index is 2.56. The van der Waals surface area contributed by atoms with Crippen molar-refractivity contribution in [1.82, 2.24) is 4.98 Å². The number of allylic oxidation sites excluding steroid dienone is 3. The van der Waals surface area contributed by atoms with Gasteiger partial charge in [-0.15, -0.1) is 0 Å². The maximum atomic E-state index is 4.44. The van der Waals surface area contributed by atoms with Gasteiger partial charge in [-0.2, -0.15) is 0 Å². The molecule has 0 spiro atoms. The highest BCUT2D eigenvalue weighted by Gasteiger charge is 1.98. The lowest BCUT2D eigenvalue weighted by molar-refractivity contribution is 1.27. The third-order valence-corrected chi connectivity index (χ3v) is 2.48. The summed E-state index contributed by atoms with van der Waals surface area (Å²) >= 11 is 0. The third kappa shape index (κ3) is 1.31. The molecule has 0 aliphatic carbocycles. The van der Waals surface area contributed by atoms with E-state index in [1.807, 2.05) is 42.6 Å². The molecule has 2 heterocycles. The van der Waals surface area contributed by atoms with Gasteiger partial charge in [-0.05, 0) is 18.2 Å². The number of nitrogens with zero attached hydrogens (tertiary/aromatic N) is 1. The normalized spacial score (nSPS) is 22.7. The summed E-state index contributed by atoms with van der Waals surface area (Å²) in [6, 6.07) is 8.21. The van der Waals surface area contributed by atoms with E-state index >= 15 is 0 Å². The minimum Gasteiger partial charge on any atom is -0.353 e. The van der Waals surface area contributed by atoms with Gasteiger partial charge in [-0.25, -0.2) is 0 Å². The van der Waals surface area contributed by atoms with E-state index < -0.39 is 0 Å². The predicted octanol–water partition coefficient (Wildman–Crippen LogP) is 1.65. The monoisotopic (exact) mass is 194 g/mol. The first-order valence-corrected chi connectivity index (χ1v) is 4.93. The van der Waals surface area contributed by atoms with Crippen molar-refractivity contribution in [2.24, 2.45) is 4.99 Å². The van der Waals surface area contributed by atoms with Crippen molar-refractivity contribution in [3.05, 3.63) is 59.4 Å². The summed E-state index contributed by atoms with van der Waals surface area (Å²) in [7, 11) is 0. The Bertz CT molecular complexity index is 672. The number of hydrogen-bond donors (Lipinski definition) is 1. The molecule has 0 bridgehead atoms. The van der Waals surface area contributed by atoms with E-state index in [9.17, 15) is 0 Å². The third-order valence-electron chi connectivity index (χ3n) is 2.48. The van der Waals surface area contributed by atoms with Crippen LogP contribution in [0.4, 0.5) is 0 Å². The molecular weight excluding hydrogens is 184 g/mol. The van der Waals surface area contributed by atoms with Crippen molar-refractivity contribution in [1.29, 1.82) is 0 Å². The molecule has 1 N–H and O–H groups in total.